The fraction of sp³-hybridized carbons (Fsp3) is 0.316. The summed E-state index contributed by atoms with van der Waals surface area (Å²) in [5.74, 6) is 0.184. The summed E-state index contributed by atoms with van der Waals surface area (Å²) in [4.78, 5) is 12.0. The van der Waals surface area contributed by atoms with Crippen molar-refractivity contribution in [1.29, 1.82) is 0 Å². The zero-order valence-corrected chi connectivity index (χ0v) is 12.5. The van der Waals surface area contributed by atoms with Gasteiger partial charge in [0, 0.05) is 18.6 Å². The minimum atomic E-state index is 0.184. The molecule has 0 fully saturated rings. The average molecular weight is 282 g/mol. The summed E-state index contributed by atoms with van der Waals surface area (Å²) >= 11 is 0. The van der Waals surface area contributed by atoms with Crippen LogP contribution in [0.4, 0.5) is 0 Å². The van der Waals surface area contributed by atoms with Crippen LogP contribution in [0.3, 0.4) is 0 Å². The molecule has 0 spiro atoms. The molecule has 0 heterocycles. The van der Waals surface area contributed by atoms with Crippen molar-refractivity contribution in [3.8, 4) is 11.1 Å². The first-order valence-corrected chi connectivity index (χ1v) is 7.52. The lowest BCUT2D eigenvalue weighted by molar-refractivity contribution is 0.0978. The van der Waals surface area contributed by atoms with Gasteiger partial charge in [0.2, 0.25) is 0 Å². The second kappa shape index (κ2) is 7.75. The number of hydrogen-bond acceptors (Lipinski definition) is 2. The number of aliphatic hydroxyl groups excluding tert-OH is 1. The maximum absolute atomic E-state index is 12.0. The first-order chi connectivity index (χ1) is 10.2. The summed E-state index contributed by atoms with van der Waals surface area (Å²) in [5.41, 5.74) is 4.32. The third-order valence-electron chi connectivity index (χ3n) is 3.62. The van der Waals surface area contributed by atoms with Gasteiger partial charge in [0.1, 0.15) is 0 Å². The number of unbranched alkanes of at least 4 members (excludes halogenated alkanes) is 2. The Morgan fingerprint density at radius 3 is 2.38 bits per heavy atom. The Kier molecular flexibility index (Phi) is 5.70. The molecule has 21 heavy (non-hydrogen) atoms. The van der Waals surface area contributed by atoms with Gasteiger partial charge in [0.25, 0.3) is 0 Å². The van der Waals surface area contributed by atoms with Crippen molar-refractivity contribution in [3.63, 3.8) is 0 Å². The first-order valence-electron chi connectivity index (χ1n) is 7.52. The van der Waals surface area contributed by atoms with Crippen molar-refractivity contribution in [2.75, 3.05) is 6.61 Å². The highest BCUT2D eigenvalue weighted by atomic mass is 16.2. The van der Waals surface area contributed by atoms with Gasteiger partial charge in [0.15, 0.2) is 5.78 Å². The highest BCUT2D eigenvalue weighted by molar-refractivity contribution is 5.96. The minimum Gasteiger partial charge on any atom is -0.396 e. The largest absolute Gasteiger partial charge is 0.396 e. The molecule has 2 rings (SSSR count). The van der Waals surface area contributed by atoms with Crippen LogP contribution >= 0.6 is 0 Å². The van der Waals surface area contributed by atoms with E-state index in [4.69, 9.17) is 5.11 Å². The van der Waals surface area contributed by atoms with E-state index in [0.29, 0.717) is 6.42 Å². The van der Waals surface area contributed by atoms with Gasteiger partial charge >= 0.3 is 0 Å². The lowest BCUT2D eigenvalue weighted by Gasteiger charge is -2.05. The molecule has 0 amide bonds. The molecule has 0 saturated heterocycles. The van der Waals surface area contributed by atoms with E-state index in [0.717, 1.165) is 30.4 Å². The molecule has 2 aromatic rings. The summed E-state index contributed by atoms with van der Waals surface area (Å²) in [6, 6.07) is 16.2. The van der Waals surface area contributed by atoms with Gasteiger partial charge in [-0.1, -0.05) is 60.5 Å². The topological polar surface area (TPSA) is 37.3 Å². The number of carbonyl (C=O) groups is 1. The van der Waals surface area contributed by atoms with E-state index in [9.17, 15) is 4.79 Å². The molecule has 0 radical (unpaired) electrons. The van der Waals surface area contributed by atoms with Gasteiger partial charge in [-0.2, -0.15) is 0 Å². The van der Waals surface area contributed by atoms with Gasteiger partial charge < -0.3 is 5.11 Å². The van der Waals surface area contributed by atoms with Gasteiger partial charge in [-0.25, -0.2) is 0 Å². The molecule has 0 bridgehead atoms. The number of ketones is 1. The van der Waals surface area contributed by atoms with Crippen LogP contribution in [0.15, 0.2) is 48.5 Å². The predicted octanol–water partition coefficient (Wildman–Crippen LogP) is 4.40. The molecular weight excluding hydrogens is 260 g/mol. The van der Waals surface area contributed by atoms with Crippen LogP contribution in [-0.2, 0) is 0 Å². The highest BCUT2D eigenvalue weighted by Gasteiger charge is 2.06. The monoisotopic (exact) mass is 282 g/mol. The second-order valence-corrected chi connectivity index (χ2v) is 5.40. The Morgan fingerprint density at radius 1 is 0.952 bits per heavy atom. The van der Waals surface area contributed by atoms with Crippen LogP contribution in [0.25, 0.3) is 11.1 Å². The van der Waals surface area contributed by atoms with E-state index >= 15 is 0 Å². The minimum absolute atomic E-state index is 0.184. The second-order valence-electron chi connectivity index (χ2n) is 5.40. The number of hydrogen-bond donors (Lipinski definition) is 1. The molecule has 0 aliphatic rings. The first kappa shape index (κ1) is 15.5. The normalized spacial score (nSPS) is 10.6. The zero-order chi connectivity index (χ0) is 15.1. The Morgan fingerprint density at radius 2 is 1.71 bits per heavy atom. The Bertz CT molecular complexity index is 585. The molecule has 0 aliphatic heterocycles. The molecule has 1 N–H and O–H groups in total. The molecule has 0 saturated carbocycles. The summed E-state index contributed by atoms with van der Waals surface area (Å²) in [7, 11) is 0. The Labute approximate surface area is 126 Å². The van der Waals surface area contributed by atoms with Crippen molar-refractivity contribution in [2.45, 2.75) is 32.6 Å². The van der Waals surface area contributed by atoms with Crippen molar-refractivity contribution in [3.05, 3.63) is 59.7 Å². The number of benzene rings is 2. The summed E-state index contributed by atoms with van der Waals surface area (Å²) in [6.07, 6.45) is 3.09. The number of aliphatic hydroxyl groups is 1. The standard InChI is InChI=1S/C19H22O2/c1-15-6-5-7-18(14-15)16-9-11-17(12-10-16)19(21)8-3-2-4-13-20/h5-7,9-12,14,20H,2-4,8,13H2,1H3. The number of Topliss-reactive ketones (excluding diaryl/α,β-unsaturated/α-hetero) is 1. The zero-order valence-electron chi connectivity index (χ0n) is 12.5. The van der Waals surface area contributed by atoms with E-state index < -0.39 is 0 Å². The number of aryl methyl sites for hydroxylation is 1. The predicted molar refractivity (Wildman–Crippen MR) is 86.5 cm³/mol. The molecule has 0 aromatic heterocycles. The quantitative estimate of drug-likeness (QED) is 0.604. The number of carbonyl (C=O) groups excluding carboxylic acids is 1. The summed E-state index contributed by atoms with van der Waals surface area (Å²) < 4.78 is 0. The van der Waals surface area contributed by atoms with Crippen molar-refractivity contribution in [1.82, 2.24) is 0 Å². The van der Waals surface area contributed by atoms with Crippen LogP contribution in [-0.4, -0.2) is 17.5 Å². The van der Waals surface area contributed by atoms with Crippen molar-refractivity contribution < 1.29 is 9.90 Å². The number of rotatable bonds is 7. The smallest absolute Gasteiger partial charge is 0.162 e. The van der Waals surface area contributed by atoms with E-state index in [-0.39, 0.29) is 12.4 Å². The van der Waals surface area contributed by atoms with E-state index in [1.807, 2.05) is 30.3 Å². The maximum atomic E-state index is 12.0. The van der Waals surface area contributed by atoms with Gasteiger partial charge in [0.05, 0.1) is 0 Å². The molecule has 2 nitrogen and oxygen atoms in total. The lowest BCUT2D eigenvalue weighted by Crippen LogP contribution is -1.99. The molecule has 0 aliphatic carbocycles. The van der Waals surface area contributed by atoms with Crippen LogP contribution in [0, 0.1) is 6.92 Å². The third-order valence-corrected chi connectivity index (χ3v) is 3.62. The fourth-order valence-electron chi connectivity index (χ4n) is 2.39. The summed E-state index contributed by atoms with van der Waals surface area (Å²) in [5, 5.41) is 8.72. The Balaban J connectivity index is 2.00. The van der Waals surface area contributed by atoms with Crippen LogP contribution in [0.1, 0.15) is 41.6 Å². The molecule has 110 valence electrons. The van der Waals surface area contributed by atoms with Crippen LogP contribution in [0.5, 0.6) is 0 Å². The third kappa shape index (κ3) is 4.54. The fourth-order valence-corrected chi connectivity index (χ4v) is 2.39. The average Bonchev–Trinajstić information content (AvgIpc) is 2.51. The van der Waals surface area contributed by atoms with Crippen LogP contribution < -0.4 is 0 Å². The van der Waals surface area contributed by atoms with E-state index in [1.165, 1.54) is 11.1 Å². The van der Waals surface area contributed by atoms with Crippen LogP contribution in [0.2, 0.25) is 0 Å². The van der Waals surface area contributed by atoms with Gasteiger partial charge in [-0.15, -0.1) is 0 Å². The summed E-state index contributed by atoms with van der Waals surface area (Å²) in [6.45, 7) is 2.28. The molecule has 2 aromatic carbocycles. The molecule has 0 unspecified atom stereocenters. The van der Waals surface area contributed by atoms with E-state index in [2.05, 4.69) is 25.1 Å². The van der Waals surface area contributed by atoms with Crippen molar-refractivity contribution in [2.24, 2.45) is 0 Å². The Hall–Kier alpha value is -1.93. The molecule has 2 heteroatoms. The van der Waals surface area contributed by atoms with Crippen molar-refractivity contribution >= 4 is 5.78 Å². The van der Waals surface area contributed by atoms with Gasteiger partial charge in [-0.3, -0.25) is 4.79 Å². The van der Waals surface area contributed by atoms with Gasteiger partial charge in [-0.05, 0) is 30.9 Å². The molecule has 0 atom stereocenters. The van der Waals surface area contributed by atoms with E-state index in [1.54, 1.807) is 0 Å². The SMILES string of the molecule is Cc1cccc(-c2ccc(C(=O)CCCCCO)cc2)c1. The maximum Gasteiger partial charge on any atom is 0.162 e. The highest BCUT2D eigenvalue weighted by Crippen LogP contribution is 2.21. The lowest BCUT2D eigenvalue weighted by atomic mass is 9.99. The molecular formula is C19H22O2.